The number of nitrogens with one attached hydrogen (secondary N) is 2. The summed E-state index contributed by atoms with van der Waals surface area (Å²) >= 11 is 0. The van der Waals surface area contributed by atoms with E-state index in [4.69, 9.17) is 15.1 Å². The molecule has 5 atom stereocenters. The third kappa shape index (κ3) is 1.59. The van der Waals surface area contributed by atoms with Crippen molar-refractivity contribution in [2.24, 2.45) is 0 Å². The van der Waals surface area contributed by atoms with Gasteiger partial charge in [0, 0.05) is 0 Å². The van der Waals surface area contributed by atoms with E-state index in [2.05, 4.69) is 15.2 Å². The van der Waals surface area contributed by atoms with Gasteiger partial charge in [0.15, 0.2) is 12.3 Å². The van der Waals surface area contributed by atoms with Crippen molar-refractivity contribution in [1.29, 1.82) is 0 Å². The SMILES string of the molecule is C/C(=[NH+]\[C@@]12N[C@H]1O[C@H](CO)[C@@H](O)[C@@H]2O)OO. The molecule has 8 heteroatoms. The molecule has 6 N–H and O–H groups in total. The second-order valence-electron chi connectivity index (χ2n) is 3.96. The van der Waals surface area contributed by atoms with Crippen molar-refractivity contribution in [1.82, 2.24) is 5.32 Å². The molecule has 8 nitrogen and oxygen atoms in total. The van der Waals surface area contributed by atoms with E-state index in [1.54, 1.807) is 0 Å². The van der Waals surface area contributed by atoms with Gasteiger partial charge in [-0.2, -0.15) is 10.2 Å². The van der Waals surface area contributed by atoms with E-state index in [0.29, 0.717) is 0 Å². The van der Waals surface area contributed by atoms with E-state index >= 15 is 0 Å². The van der Waals surface area contributed by atoms with Gasteiger partial charge in [0.2, 0.25) is 0 Å². The Labute approximate surface area is 91.1 Å². The number of aliphatic hydroxyl groups is 3. The fourth-order valence-corrected chi connectivity index (χ4v) is 1.93. The van der Waals surface area contributed by atoms with E-state index in [1.165, 1.54) is 6.92 Å². The second kappa shape index (κ2) is 3.91. The Hall–Kier alpha value is -0.770. The van der Waals surface area contributed by atoms with Crippen molar-refractivity contribution in [2.75, 3.05) is 6.61 Å². The molecule has 0 saturated carbocycles. The lowest BCUT2D eigenvalue weighted by Crippen LogP contribution is -2.90. The zero-order valence-electron chi connectivity index (χ0n) is 8.62. The Balaban J connectivity index is 2.17. The standard InChI is InChI=1S/C8H14N2O6/c1-3(16-14)9-8-6(13)5(12)4(2-11)15-7(8)10-8/h4-7,10-14H,2H2,1H3/p+1/b9-3+/t4-,5-,6+,7+,8+/m1/s1. The van der Waals surface area contributed by atoms with Crippen LogP contribution >= 0.6 is 0 Å². The van der Waals surface area contributed by atoms with Gasteiger partial charge in [-0.25, -0.2) is 5.32 Å². The molecular weight excluding hydrogens is 220 g/mol. The average Bonchev–Trinajstić information content (AvgIpc) is 2.98. The largest absolute Gasteiger partial charge is 0.394 e. The summed E-state index contributed by atoms with van der Waals surface area (Å²) in [7, 11) is 0. The lowest BCUT2D eigenvalue weighted by molar-refractivity contribution is -0.566. The molecule has 0 aromatic heterocycles. The third-order valence-electron chi connectivity index (χ3n) is 2.88. The molecule has 0 aromatic carbocycles. The van der Waals surface area contributed by atoms with Gasteiger partial charge in [0.05, 0.1) is 13.5 Å². The van der Waals surface area contributed by atoms with Gasteiger partial charge in [-0.3, -0.25) is 4.89 Å². The van der Waals surface area contributed by atoms with Crippen molar-refractivity contribution in [3.63, 3.8) is 0 Å². The van der Waals surface area contributed by atoms with E-state index in [-0.39, 0.29) is 12.5 Å². The maximum absolute atomic E-state index is 9.87. The Bertz CT molecular complexity index is 311. The lowest BCUT2D eigenvalue weighted by Gasteiger charge is -2.30. The van der Waals surface area contributed by atoms with Crippen molar-refractivity contribution >= 4 is 5.90 Å². The first-order chi connectivity index (χ1) is 7.55. The number of hydrogen-bond donors (Lipinski definition) is 6. The zero-order chi connectivity index (χ0) is 11.9. The van der Waals surface area contributed by atoms with Crippen LogP contribution in [0.2, 0.25) is 0 Å². The highest BCUT2D eigenvalue weighted by Crippen LogP contribution is 2.33. The summed E-state index contributed by atoms with van der Waals surface area (Å²) in [5, 5.41) is 39.6. The maximum Gasteiger partial charge on any atom is 0.366 e. The minimum atomic E-state index is -1.23. The van der Waals surface area contributed by atoms with Gasteiger partial charge >= 0.3 is 5.90 Å². The van der Waals surface area contributed by atoms with Crippen molar-refractivity contribution in [2.45, 2.75) is 37.1 Å². The van der Waals surface area contributed by atoms with Crippen LogP contribution in [-0.2, 0) is 9.62 Å². The van der Waals surface area contributed by atoms with Gasteiger partial charge in [0.25, 0.3) is 5.66 Å². The second-order valence-corrected chi connectivity index (χ2v) is 3.96. The zero-order valence-corrected chi connectivity index (χ0v) is 8.62. The topological polar surface area (TPSA) is 135 Å². The molecule has 2 aliphatic heterocycles. The summed E-state index contributed by atoms with van der Waals surface area (Å²) in [5.74, 6) is 0.0623. The van der Waals surface area contributed by atoms with Crippen LogP contribution in [0.1, 0.15) is 6.92 Å². The van der Waals surface area contributed by atoms with Crippen LogP contribution in [0.15, 0.2) is 0 Å². The maximum atomic E-state index is 9.87. The normalized spacial score (nSPS) is 47.4. The molecular formula is C8H15N2O6+. The van der Waals surface area contributed by atoms with Crippen molar-refractivity contribution in [3.8, 4) is 0 Å². The fraction of sp³-hybridized carbons (Fsp3) is 0.875. The predicted octanol–water partition coefficient (Wildman–Crippen LogP) is -4.29. The molecule has 0 radical (unpaired) electrons. The monoisotopic (exact) mass is 235 g/mol. The summed E-state index contributed by atoms with van der Waals surface area (Å²) in [6.07, 6.45) is -3.79. The van der Waals surface area contributed by atoms with Gasteiger partial charge in [0.1, 0.15) is 12.2 Å². The Morgan fingerprint density at radius 3 is 2.81 bits per heavy atom. The molecule has 0 aliphatic carbocycles. The van der Waals surface area contributed by atoms with Crippen LogP contribution in [0.25, 0.3) is 0 Å². The molecule has 2 rings (SSSR count). The average molecular weight is 235 g/mol. The molecule has 0 unspecified atom stereocenters. The van der Waals surface area contributed by atoms with Crippen LogP contribution in [0.3, 0.4) is 0 Å². The van der Waals surface area contributed by atoms with Crippen molar-refractivity contribution < 1.29 is 35.2 Å². The quantitative estimate of drug-likeness (QED) is 0.0937. The predicted molar refractivity (Wildman–Crippen MR) is 49.0 cm³/mol. The first kappa shape index (κ1) is 11.7. The molecule has 16 heavy (non-hydrogen) atoms. The number of aliphatic hydroxyl groups excluding tert-OH is 3. The molecule has 92 valence electrons. The Morgan fingerprint density at radius 2 is 2.25 bits per heavy atom. The van der Waals surface area contributed by atoms with Crippen LogP contribution in [-0.4, -0.2) is 63.3 Å². The molecule has 0 spiro atoms. The first-order valence-corrected chi connectivity index (χ1v) is 4.88. The van der Waals surface area contributed by atoms with Gasteiger partial charge in [-0.05, 0) is 0 Å². The molecule has 2 saturated heterocycles. The highest BCUT2D eigenvalue weighted by Gasteiger charge is 2.73. The van der Waals surface area contributed by atoms with Crippen LogP contribution in [0.5, 0.6) is 0 Å². The van der Waals surface area contributed by atoms with E-state index in [9.17, 15) is 10.2 Å². The molecule has 0 amide bonds. The highest BCUT2D eigenvalue weighted by molar-refractivity contribution is 5.66. The minimum absolute atomic E-state index is 0.0623. The molecule has 0 aromatic rings. The highest BCUT2D eigenvalue weighted by atomic mass is 17.1. The summed E-state index contributed by atoms with van der Waals surface area (Å²) in [6, 6.07) is 0. The van der Waals surface area contributed by atoms with E-state index < -0.39 is 30.2 Å². The van der Waals surface area contributed by atoms with Crippen LogP contribution < -0.4 is 10.3 Å². The Kier molecular flexibility index (Phi) is 2.86. The van der Waals surface area contributed by atoms with Gasteiger partial charge in [-0.15, -0.1) is 0 Å². The van der Waals surface area contributed by atoms with E-state index in [1.807, 2.05) is 0 Å². The Morgan fingerprint density at radius 1 is 1.56 bits per heavy atom. The number of rotatable bonds is 2. The summed E-state index contributed by atoms with van der Waals surface area (Å²) in [5.41, 5.74) is -1.07. The molecule has 2 fully saturated rings. The summed E-state index contributed by atoms with van der Waals surface area (Å²) in [4.78, 5) is 6.61. The van der Waals surface area contributed by atoms with Gasteiger partial charge in [-0.1, -0.05) is 0 Å². The van der Waals surface area contributed by atoms with Gasteiger partial charge < -0.3 is 20.1 Å². The molecule has 0 bridgehead atoms. The van der Waals surface area contributed by atoms with Crippen LogP contribution in [0.4, 0.5) is 0 Å². The number of hydrogen-bond acceptors (Lipinski definition) is 7. The summed E-state index contributed by atoms with van der Waals surface area (Å²) < 4.78 is 5.26. The first-order valence-electron chi connectivity index (χ1n) is 4.88. The summed E-state index contributed by atoms with van der Waals surface area (Å²) in [6.45, 7) is 1.06. The van der Waals surface area contributed by atoms with E-state index in [0.717, 1.165) is 0 Å². The number of fused-ring (bicyclic) bond motifs is 1. The molecule has 2 aliphatic rings. The third-order valence-corrected chi connectivity index (χ3v) is 2.88. The lowest BCUT2D eigenvalue weighted by atomic mass is 9.98. The van der Waals surface area contributed by atoms with Crippen LogP contribution in [0, 0.1) is 0 Å². The smallest absolute Gasteiger partial charge is 0.366 e. The number of ether oxygens (including phenoxy) is 1. The molecule has 2 heterocycles. The minimum Gasteiger partial charge on any atom is -0.394 e. The fourth-order valence-electron chi connectivity index (χ4n) is 1.93. The van der Waals surface area contributed by atoms with Crippen molar-refractivity contribution in [3.05, 3.63) is 0 Å².